The number of aromatic nitrogens is 2. The summed E-state index contributed by atoms with van der Waals surface area (Å²) in [5.41, 5.74) is 2.63. The highest BCUT2D eigenvalue weighted by Gasteiger charge is 2.42. The molecule has 4 rings (SSSR count). The van der Waals surface area contributed by atoms with Gasteiger partial charge in [0.1, 0.15) is 0 Å². The van der Waals surface area contributed by atoms with Crippen LogP contribution < -0.4 is 0 Å². The molecule has 7 heteroatoms. The number of hydrogen-bond acceptors (Lipinski definition) is 4. The molecule has 0 bridgehead atoms. The largest absolute Gasteiger partial charge is 0.376 e. The first kappa shape index (κ1) is 19.4. The van der Waals surface area contributed by atoms with Gasteiger partial charge in [-0.25, -0.2) is 0 Å². The van der Waals surface area contributed by atoms with Crippen LogP contribution >= 0.6 is 0 Å². The topological polar surface area (TPSA) is 67.7 Å². The van der Waals surface area contributed by atoms with Crippen LogP contribution in [0.15, 0.2) is 0 Å². The number of carbonyl (C=O) groups is 2. The van der Waals surface area contributed by atoms with Crippen LogP contribution in [0.2, 0.25) is 0 Å². The van der Waals surface area contributed by atoms with Crippen molar-refractivity contribution >= 4 is 11.8 Å². The van der Waals surface area contributed by atoms with Crippen LogP contribution in [0.25, 0.3) is 0 Å². The quantitative estimate of drug-likeness (QED) is 0.795. The lowest BCUT2D eigenvalue weighted by Gasteiger charge is -2.47. The molecule has 3 aliphatic heterocycles. The van der Waals surface area contributed by atoms with Gasteiger partial charge >= 0.3 is 0 Å². The van der Waals surface area contributed by atoms with E-state index in [9.17, 15) is 9.59 Å². The number of piperidine rings is 2. The number of rotatable bonds is 3. The summed E-state index contributed by atoms with van der Waals surface area (Å²) in [6.45, 7) is 7.75. The Morgan fingerprint density at radius 2 is 2.00 bits per heavy atom. The zero-order chi connectivity index (χ0) is 19.9. The van der Waals surface area contributed by atoms with E-state index in [1.165, 1.54) is 0 Å². The standard InChI is InChI=1S/C21H32N4O3/c1-15-19(16(2)23(3)22-15)20(27)24-10-8-21(9-11-24)7-6-18(26)25(14-21)13-17-5-4-12-28-17/h17H,4-14H2,1-3H3/t17-/m1/s1. The van der Waals surface area contributed by atoms with Gasteiger partial charge in [0, 0.05) is 51.9 Å². The van der Waals surface area contributed by atoms with E-state index in [0.717, 1.165) is 81.8 Å². The molecule has 0 saturated carbocycles. The van der Waals surface area contributed by atoms with Crippen LogP contribution in [0.4, 0.5) is 0 Å². The van der Waals surface area contributed by atoms with Crippen molar-refractivity contribution in [3.8, 4) is 0 Å². The van der Waals surface area contributed by atoms with Gasteiger partial charge in [0.25, 0.3) is 5.91 Å². The molecule has 3 fully saturated rings. The lowest BCUT2D eigenvalue weighted by atomic mass is 9.72. The summed E-state index contributed by atoms with van der Waals surface area (Å²) in [5.74, 6) is 0.363. The molecule has 0 radical (unpaired) electrons. The number of nitrogens with zero attached hydrogens (tertiary/aromatic N) is 4. The van der Waals surface area contributed by atoms with Crippen LogP contribution in [0.1, 0.15) is 60.3 Å². The minimum atomic E-state index is 0.0982. The molecule has 4 heterocycles. The third kappa shape index (κ3) is 3.56. The molecular formula is C21H32N4O3. The number of aryl methyl sites for hydroxylation is 2. The van der Waals surface area contributed by atoms with E-state index >= 15 is 0 Å². The normalized spacial score (nSPS) is 25.0. The number of carbonyl (C=O) groups excluding carboxylic acids is 2. The number of ether oxygens (including phenoxy) is 1. The molecule has 0 aliphatic carbocycles. The zero-order valence-corrected chi connectivity index (χ0v) is 17.4. The van der Waals surface area contributed by atoms with Gasteiger partial charge in [-0.1, -0.05) is 0 Å². The van der Waals surface area contributed by atoms with Gasteiger partial charge in [-0.3, -0.25) is 14.3 Å². The molecule has 28 heavy (non-hydrogen) atoms. The molecule has 3 aliphatic rings. The summed E-state index contributed by atoms with van der Waals surface area (Å²) in [6, 6.07) is 0. The lowest BCUT2D eigenvalue weighted by Crippen LogP contribution is -2.53. The molecule has 0 aromatic carbocycles. The second-order valence-corrected chi connectivity index (χ2v) is 8.87. The van der Waals surface area contributed by atoms with Gasteiger partial charge in [0.05, 0.1) is 17.4 Å². The van der Waals surface area contributed by atoms with E-state index in [-0.39, 0.29) is 23.3 Å². The van der Waals surface area contributed by atoms with Crippen LogP contribution in [0.3, 0.4) is 0 Å². The SMILES string of the molecule is Cc1nn(C)c(C)c1C(=O)N1CCC2(CCC(=O)N(C[C@H]3CCCO3)C2)CC1. The van der Waals surface area contributed by atoms with E-state index < -0.39 is 0 Å². The highest BCUT2D eigenvalue weighted by Crippen LogP contribution is 2.41. The van der Waals surface area contributed by atoms with Gasteiger partial charge < -0.3 is 14.5 Å². The fourth-order valence-corrected chi connectivity index (χ4v) is 5.14. The summed E-state index contributed by atoms with van der Waals surface area (Å²) < 4.78 is 7.53. The smallest absolute Gasteiger partial charge is 0.257 e. The van der Waals surface area contributed by atoms with Crippen molar-refractivity contribution in [3.63, 3.8) is 0 Å². The van der Waals surface area contributed by atoms with Gasteiger partial charge in [0.15, 0.2) is 0 Å². The minimum absolute atomic E-state index is 0.0982. The third-order valence-electron chi connectivity index (χ3n) is 7.03. The first-order valence-corrected chi connectivity index (χ1v) is 10.6. The maximum Gasteiger partial charge on any atom is 0.257 e. The number of hydrogen-bond donors (Lipinski definition) is 0. The van der Waals surface area contributed by atoms with Crippen molar-refractivity contribution in [2.75, 3.05) is 32.8 Å². The second kappa shape index (κ2) is 7.50. The summed E-state index contributed by atoms with van der Waals surface area (Å²) in [5, 5.41) is 4.39. The summed E-state index contributed by atoms with van der Waals surface area (Å²) in [6.07, 6.45) is 5.86. The van der Waals surface area contributed by atoms with Crippen LogP contribution in [0, 0.1) is 19.3 Å². The maximum atomic E-state index is 13.1. The predicted molar refractivity (Wildman–Crippen MR) is 105 cm³/mol. The molecule has 2 amide bonds. The summed E-state index contributed by atoms with van der Waals surface area (Å²) in [4.78, 5) is 29.5. The van der Waals surface area contributed by atoms with E-state index in [4.69, 9.17) is 4.74 Å². The molecular weight excluding hydrogens is 356 g/mol. The van der Waals surface area contributed by atoms with Crippen molar-refractivity contribution in [2.45, 2.75) is 58.5 Å². The monoisotopic (exact) mass is 388 g/mol. The molecule has 7 nitrogen and oxygen atoms in total. The fraction of sp³-hybridized carbons (Fsp3) is 0.762. The first-order chi connectivity index (χ1) is 13.4. The minimum Gasteiger partial charge on any atom is -0.376 e. The van der Waals surface area contributed by atoms with Gasteiger partial charge in [-0.05, 0) is 51.4 Å². The molecule has 154 valence electrons. The Labute approximate surface area is 167 Å². The van der Waals surface area contributed by atoms with E-state index in [0.29, 0.717) is 6.42 Å². The average Bonchev–Trinajstić information content (AvgIpc) is 3.27. The van der Waals surface area contributed by atoms with Crippen LogP contribution in [-0.4, -0.2) is 70.3 Å². The average molecular weight is 389 g/mol. The van der Waals surface area contributed by atoms with Gasteiger partial charge in [-0.15, -0.1) is 0 Å². The molecule has 0 unspecified atom stereocenters. The predicted octanol–water partition coefficient (Wildman–Crippen LogP) is 2.06. The van der Waals surface area contributed by atoms with E-state index in [1.54, 1.807) is 4.68 Å². The van der Waals surface area contributed by atoms with E-state index in [2.05, 4.69) is 5.10 Å². The Kier molecular flexibility index (Phi) is 5.21. The van der Waals surface area contributed by atoms with Crippen molar-refractivity contribution in [3.05, 3.63) is 17.0 Å². The molecule has 1 atom stereocenters. The zero-order valence-electron chi connectivity index (χ0n) is 17.4. The Hall–Kier alpha value is -1.89. The Morgan fingerprint density at radius 1 is 1.25 bits per heavy atom. The molecule has 1 spiro atoms. The van der Waals surface area contributed by atoms with Gasteiger partial charge in [-0.2, -0.15) is 5.10 Å². The van der Waals surface area contributed by atoms with Gasteiger partial charge in [0.2, 0.25) is 5.91 Å². The summed E-state index contributed by atoms with van der Waals surface area (Å²) >= 11 is 0. The van der Waals surface area contributed by atoms with Crippen molar-refractivity contribution in [1.29, 1.82) is 0 Å². The number of amides is 2. The number of likely N-dealkylation sites (tertiary alicyclic amines) is 2. The molecule has 1 aromatic heterocycles. The highest BCUT2D eigenvalue weighted by atomic mass is 16.5. The van der Waals surface area contributed by atoms with Crippen LogP contribution in [-0.2, 0) is 16.6 Å². The van der Waals surface area contributed by atoms with Crippen molar-refractivity contribution in [2.24, 2.45) is 12.5 Å². The highest BCUT2D eigenvalue weighted by molar-refractivity contribution is 5.96. The Bertz CT molecular complexity index is 758. The molecule has 3 saturated heterocycles. The Balaban J connectivity index is 1.39. The lowest BCUT2D eigenvalue weighted by molar-refractivity contribution is -0.141. The van der Waals surface area contributed by atoms with Crippen molar-refractivity contribution < 1.29 is 14.3 Å². The second-order valence-electron chi connectivity index (χ2n) is 8.87. The molecule has 1 aromatic rings. The maximum absolute atomic E-state index is 13.1. The first-order valence-electron chi connectivity index (χ1n) is 10.6. The Morgan fingerprint density at radius 3 is 2.61 bits per heavy atom. The third-order valence-corrected chi connectivity index (χ3v) is 7.03. The fourth-order valence-electron chi connectivity index (χ4n) is 5.14. The molecule has 0 N–H and O–H groups in total. The van der Waals surface area contributed by atoms with Crippen LogP contribution in [0.5, 0.6) is 0 Å². The summed E-state index contributed by atoms with van der Waals surface area (Å²) in [7, 11) is 1.88. The van der Waals surface area contributed by atoms with Crippen molar-refractivity contribution in [1.82, 2.24) is 19.6 Å². The van der Waals surface area contributed by atoms with E-state index in [1.807, 2.05) is 30.7 Å².